The van der Waals surface area contributed by atoms with E-state index in [1.54, 1.807) is 6.21 Å². The second kappa shape index (κ2) is 9.41. The van der Waals surface area contributed by atoms with Crippen LogP contribution in [0.25, 0.3) is 10.9 Å². The van der Waals surface area contributed by atoms with Crippen molar-refractivity contribution >= 4 is 23.0 Å². The summed E-state index contributed by atoms with van der Waals surface area (Å²) in [5, 5.41) is 23.7. The lowest BCUT2D eigenvalue weighted by Crippen LogP contribution is -2.17. The van der Waals surface area contributed by atoms with E-state index in [0.29, 0.717) is 5.92 Å². The number of phenolic OH excluding ortho intramolecular Hbond substituents is 1. The quantitative estimate of drug-likeness (QED) is 0.323. The van der Waals surface area contributed by atoms with Crippen LogP contribution in [0.3, 0.4) is 0 Å². The maximum atomic E-state index is 12.3. The summed E-state index contributed by atoms with van der Waals surface area (Å²) in [4.78, 5) is 12.3. The minimum absolute atomic E-state index is 0.0385. The van der Waals surface area contributed by atoms with Crippen molar-refractivity contribution in [3.05, 3.63) is 101 Å². The van der Waals surface area contributed by atoms with E-state index < -0.39 is 5.91 Å². The molecule has 1 heterocycles. The van der Waals surface area contributed by atoms with Crippen LogP contribution in [0.5, 0.6) is 5.75 Å². The number of benzene rings is 3. The van der Waals surface area contributed by atoms with Gasteiger partial charge in [0.1, 0.15) is 11.8 Å². The molecule has 0 aliphatic rings. The zero-order valence-electron chi connectivity index (χ0n) is 18.5. The van der Waals surface area contributed by atoms with Crippen LogP contribution in [0.15, 0.2) is 78.0 Å². The molecule has 0 spiro atoms. The zero-order chi connectivity index (χ0) is 23.4. The van der Waals surface area contributed by atoms with Gasteiger partial charge in [0.15, 0.2) is 0 Å². The SMILES string of the molecule is CC(C)c1ccc(Cn2ccc3c(C=NNC(=O)c4ccc(O)c(C#N)c4)cccc32)cc1. The van der Waals surface area contributed by atoms with E-state index in [1.165, 1.54) is 29.3 Å². The van der Waals surface area contributed by atoms with Gasteiger partial charge in [-0.1, -0.05) is 50.2 Å². The van der Waals surface area contributed by atoms with Crippen LogP contribution in [-0.2, 0) is 6.54 Å². The van der Waals surface area contributed by atoms with Crippen LogP contribution in [0.1, 0.15) is 52.4 Å². The Bertz CT molecular complexity index is 1380. The lowest BCUT2D eigenvalue weighted by molar-refractivity contribution is 0.0955. The first-order valence-corrected chi connectivity index (χ1v) is 10.7. The maximum absolute atomic E-state index is 12.3. The highest BCUT2D eigenvalue weighted by molar-refractivity contribution is 6.00. The normalized spacial score (nSPS) is 11.2. The summed E-state index contributed by atoms with van der Waals surface area (Å²) in [6.45, 7) is 5.14. The number of hydrogen-bond acceptors (Lipinski definition) is 4. The van der Waals surface area contributed by atoms with Gasteiger partial charge >= 0.3 is 0 Å². The number of carbonyl (C=O) groups excluding carboxylic acids is 1. The van der Waals surface area contributed by atoms with Crippen molar-refractivity contribution in [3.63, 3.8) is 0 Å². The van der Waals surface area contributed by atoms with Crippen molar-refractivity contribution in [2.45, 2.75) is 26.3 Å². The molecule has 0 atom stereocenters. The molecule has 2 N–H and O–H groups in total. The number of hydrazone groups is 1. The average molecular weight is 437 g/mol. The Hall–Kier alpha value is -4.37. The Morgan fingerprint density at radius 1 is 1.15 bits per heavy atom. The lowest BCUT2D eigenvalue weighted by atomic mass is 10.0. The Morgan fingerprint density at radius 3 is 2.67 bits per heavy atom. The van der Waals surface area contributed by atoms with Gasteiger partial charge in [-0.25, -0.2) is 5.43 Å². The molecule has 6 heteroatoms. The molecule has 0 saturated carbocycles. The first-order valence-electron chi connectivity index (χ1n) is 10.7. The predicted molar refractivity (Wildman–Crippen MR) is 129 cm³/mol. The molecule has 0 unspecified atom stereocenters. The van der Waals surface area contributed by atoms with Crippen LogP contribution >= 0.6 is 0 Å². The van der Waals surface area contributed by atoms with Gasteiger partial charge in [-0.2, -0.15) is 10.4 Å². The number of nitrogens with zero attached hydrogens (tertiary/aromatic N) is 3. The molecule has 0 fully saturated rings. The number of nitriles is 1. The highest BCUT2D eigenvalue weighted by atomic mass is 16.3. The molecule has 0 aliphatic heterocycles. The molecule has 33 heavy (non-hydrogen) atoms. The third-order valence-corrected chi connectivity index (χ3v) is 5.60. The molecule has 0 saturated heterocycles. The molecule has 0 aliphatic carbocycles. The first kappa shape index (κ1) is 21.8. The Morgan fingerprint density at radius 2 is 1.94 bits per heavy atom. The molecule has 1 aromatic heterocycles. The number of amides is 1. The number of rotatable bonds is 6. The number of fused-ring (bicyclic) bond motifs is 1. The van der Waals surface area contributed by atoms with E-state index in [0.717, 1.165) is 23.0 Å². The van der Waals surface area contributed by atoms with Gasteiger partial charge < -0.3 is 9.67 Å². The van der Waals surface area contributed by atoms with Crippen LogP contribution in [-0.4, -0.2) is 21.8 Å². The Kier molecular flexibility index (Phi) is 6.23. The molecule has 1 amide bonds. The van der Waals surface area contributed by atoms with Crippen LogP contribution in [0.2, 0.25) is 0 Å². The van der Waals surface area contributed by atoms with Crippen molar-refractivity contribution < 1.29 is 9.90 Å². The lowest BCUT2D eigenvalue weighted by Gasteiger charge is -2.09. The van der Waals surface area contributed by atoms with E-state index in [2.05, 4.69) is 65.5 Å². The van der Waals surface area contributed by atoms with Crippen molar-refractivity contribution in [1.82, 2.24) is 9.99 Å². The van der Waals surface area contributed by atoms with Gasteiger partial charge in [-0.05, 0) is 47.4 Å². The predicted octanol–water partition coefficient (Wildman–Crippen LogP) is 5.15. The van der Waals surface area contributed by atoms with Gasteiger partial charge in [0.2, 0.25) is 0 Å². The molecule has 4 rings (SSSR count). The fourth-order valence-electron chi connectivity index (χ4n) is 3.69. The van der Waals surface area contributed by atoms with Gasteiger partial charge in [0, 0.05) is 34.8 Å². The van der Waals surface area contributed by atoms with E-state index in [4.69, 9.17) is 5.26 Å². The number of hydrogen-bond donors (Lipinski definition) is 2. The van der Waals surface area contributed by atoms with Crippen molar-refractivity contribution in [2.75, 3.05) is 0 Å². The monoisotopic (exact) mass is 436 g/mol. The summed E-state index contributed by atoms with van der Waals surface area (Å²) >= 11 is 0. The van der Waals surface area contributed by atoms with E-state index in [9.17, 15) is 9.90 Å². The summed E-state index contributed by atoms with van der Waals surface area (Å²) in [5.41, 5.74) is 7.28. The topological polar surface area (TPSA) is 90.4 Å². The van der Waals surface area contributed by atoms with Gasteiger partial charge in [-0.15, -0.1) is 0 Å². The van der Waals surface area contributed by atoms with E-state index >= 15 is 0 Å². The minimum atomic E-state index is -0.461. The first-order chi connectivity index (χ1) is 16.0. The summed E-state index contributed by atoms with van der Waals surface area (Å²) in [7, 11) is 0. The summed E-state index contributed by atoms with van der Waals surface area (Å²) in [5.74, 6) is -0.113. The number of nitrogens with one attached hydrogen (secondary N) is 1. The third kappa shape index (κ3) is 4.78. The van der Waals surface area contributed by atoms with Gasteiger partial charge in [0.25, 0.3) is 5.91 Å². The highest BCUT2D eigenvalue weighted by Gasteiger charge is 2.09. The Balaban J connectivity index is 1.50. The maximum Gasteiger partial charge on any atom is 0.271 e. The summed E-state index contributed by atoms with van der Waals surface area (Å²) in [6, 6.07) is 22.6. The smallest absolute Gasteiger partial charge is 0.271 e. The van der Waals surface area contributed by atoms with Crippen LogP contribution in [0.4, 0.5) is 0 Å². The van der Waals surface area contributed by atoms with Crippen LogP contribution < -0.4 is 5.43 Å². The molecule has 3 aromatic carbocycles. The molecule has 4 aromatic rings. The molecule has 164 valence electrons. The zero-order valence-corrected chi connectivity index (χ0v) is 18.5. The molecule has 0 bridgehead atoms. The van der Waals surface area contributed by atoms with E-state index in [1.807, 2.05) is 24.3 Å². The number of carbonyl (C=O) groups is 1. The minimum Gasteiger partial charge on any atom is -0.507 e. The molecule has 6 nitrogen and oxygen atoms in total. The molecule has 0 radical (unpaired) electrons. The average Bonchev–Trinajstić information content (AvgIpc) is 3.23. The van der Waals surface area contributed by atoms with Crippen molar-refractivity contribution in [3.8, 4) is 11.8 Å². The second-order valence-corrected chi connectivity index (χ2v) is 8.16. The summed E-state index contributed by atoms with van der Waals surface area (Å²) < 4.78 is 2.19. The fraction of sp³-hybridized carbons (Fsp3) is 0.148. The number of phenols is 1. The fourth-order valence-corrected chi connectivity index (χ4v) is 3.69. The standard InChI is InChI=1S/C27H24N4O2/c1-18(2)20-8-6-19(7-9-20)17-31-13-12-24-22(4-3-5-25(24)31)16-29-30-27(33)21-10-11-26(32)23(14-21)15-28/h3-14,16,18,32H,17H2,1-2H3,(H,30,33). The Labute approximate surface area is 192 Å². The van der Waals surface area contributed by atoms with E-state index in [-0.39, 0.29) is 16.9 Å². The number of aromatic hydroxyl groups is 1. The molecular formula is C27H24N4O2. The largest absolute Gasteiger partial charge is 0.507 e. The third-order valence-electron chi connectivity index (χ3n) is 5.60. The highest BCUT2D eigenvalue weighted by Crippen LogP contribution is 2.22. The van der Waals surface area contributed by atoms with Crippen molar-refractivity contribution in [2.24, 2.45) is 5.10 Å². The second-order valence-electron chi connectivity index (χ2n) is 8.16. The van der Waals surface area contributed by atoms with Gasteiger partial charge in [-0.3, -0.25) is 4.79 Å². The summed E-state index contributed by atoms with van der Waals surface area (Å²) in [6.07, 6.45) is 3.66. The van der Waals surface area contributed by atoms with Gasteiger partial charge in [0.05, 0.1) is 11.8 Å². The van der Waals surface area contributed by atoms with Crippen LogP contribution in [0, 0.1) is 11.3 Å². The number of aromatic nitrogens is 1. The molecular weight excluding hydrogens is 412 g/mol. The van der Waals surface area contributed by atoms with Crippen molar-refractivity contribution in [1.29, 1.82) is 5.26 Å².